The van der Waals surface area contributed by atoms with Gasteiger partial charge in [0.25, 0.3) is 0 Å². The van der Waals surface area contributed by atoms with Gasteiger partial charge in [-0.15, -0.1) is 10.2 Å². The van der Waals surface area contributed by atoms with Gasteiger partial charge in [-0.3, -0.25) is 14.5 Å². The van der Waals surface area contributed by atoms with Crippen molar-refractivity contribution in [1.82, 2.24) is 24.6 Å². The minimum atomic E-state index is -0.245. The van der Waals surface area contributed by atoms with Crippen LogP contribution in [0.25, 0.3) is 16.6 Å². The summed E-state index contributed by atoms with van der Waals surface area (Å²) in [5.41, 5.74) is 2.73. The van der Waals surface area contributed by atoms with E-state index in [0.29, 0.717) is 5.75 Å². The summed E-state index contributed by atoms with van der Waals surface area (Å²) in [4.78, 5) is 6.88. The van der Waals surface area contributed by atoms with Crippen LogP contribution in [0.2, 0.25) is 0 Å². The highest BCUT2D eigenvalue weighted by Gasteiger charge is 2.20. The van der Waals surface area contributed by atoms with Gasteiger partial charge in [0.05, 0.1) is 12.1 Å². The molecule has 0 saturated carbocycles. The molecule has 0 amide bonds. The van der Waals surface area contributed by atoms with Crippen molar-refractivity contribution >= 4 is 22.7 Å². The van der Waals surface area contributed by atoms with Gasteiger partial charge in [-0.1, -0.05) is 36.0 Å². The molecular weight excluding hydrogens is 397 g/mol. The van der Waals surface area contributed by atoms with Crippen molar-refractivity contribution in [2.24, 2.45) is 0 Å². The summed E-state index contributed by atoms with van der Waals surface area (Å²) in [5.74, 6) is 1.26. The zero-order valence-electron chi connectivity index (χ0n) is 16.5. The second kappa shape index (κ2) is 8.53. The van der Waals surface area contributed by atoms with Crippen LogP contribution in [-0.2, 0) is 12.3 Å². The fraction of sp³-hybridized carbons (Fsp3) is 0.261. The fourth-order valence-electron chi connectivity index (χ4n) is 3.95. The lowest BCUT2D eigenvalue weighted by Crippen LogP contribution is -2.21. The first kappa shape index (κ1) is 19.2. The van der Waals surface area contributed by atoms with E-state index in [-0.39, 0.29) is 5.82 Å². The van der Waals surface area contributed by atoms with E-state index < -0.39 is 0 Å². The molecule has 0 radical (unpaired) electrons. The van der Waals surface area contributed by atoms with Gasteiger partial charge in [-0.2, -0.15) is 0 Å². The third-order valence-electron chi connectivity index (χ3n) is 5.38. The van der Waals surface area contributed by atoms with Gasteiger partial charge < -0.3 is 0 Å². The Labute approximate surface area is 179 Å². The van der Waals surface area contributed by atoms with Crippen molar-refractivity contribution in [2.45, 2.75) is 30.3 Å². The van der Waals surface area contributed by atoms with E-state index in [2.05, 4.69) is 36.8 Å². The summed E-state index contributed by atoms with van der Waals surface area (Å²) in [6, 6.07) is 17.0. The van der Waals surface area contributed by atoms with Gasteiger partial charge in [0.15, 0.2) is 11.0 Å². The third kappa shape index (κ3) is 3.95. The fourth-order valence-corrected chi connectivity index (χ4v) is 4.90. The van der Waals surface area contributed by atoms with Gasteiger partial charge in [0.2, 0.25) is 0 Å². The molecule has 152 valence electrons. The van der Waals surface area contributed by atoms with Crippen LogP contribution in [0.3, 0.4) is 0 Å². The van der Waals surface area contributed by atoms with Crippen molar-refractivity contribution in [3.8, 4) is 5.69 Å². The summed E-state index contributed by atoms with van der Waals surface area (Å²) in [6.07, 6.45) is 4.22. The first-order valence-corrected chi connectivity index (χ1v) is 11.1. The molecule has 30 heavy (non-hydrogen) atoms. The highest BCUT2D eigenvalue weighted by atomic mass is 32.2. The lowest BCUT2D eigenvalue weighted by atomic mass is 10.1. The number of hydrogen-bond acceptors (Lipinski definition) is 5. The van der Waals surface area contributed by atoms with Crippen molar-refractivity contribution in [3.63, 3.8) is 0 Å². The predicted octanol–water partition coefficient (Wildman–Crippen LogP) is 4.84. The number of para-hydroxylation sites is 1. The van der Waals surface area contributed by atoms with Crippen molar-refractivity contribution in [3.05, 3.63) is 78.0 Å². The molecule has 1 fully saturated rings. The van der Waals surface area contributed by atoms with E-state index in [4.69, 9.17) is 0 Å². The van der Waals surface area contributed by atoms with E-state index in [0.717, 1.165) is 52.8 Å². The Bertz CT molecular complexity index is 1150. The Morgan fingerprint density at radius 1 is 0.967 bits per heavy atom. The Kier molecular flexibility index (Phi) is 5.46. The number of rotatable bonds is 6. The lowest BCUT2D eigenvalue weighted by molar-refractivity contribution is 0.319. The van der Waals surface area contributed by atoms with Crippen LogP contribution in [0.15, 0.2) is 66.0 Å². The minimum absolute atomic E-state index is 0.245. The molecular formula is C23H22FN5S. The minimum Gasteiger partial charge on any atom is -0.296 e. The van der Waals surface area contributed by atoms with Gasteiger partial charge in [-0.25, -0.2) is 4.39 Å². The summed E-state index contributed by atoms with van der Waals surface area (Å²) < 4.78 is 16.2. The molecule has 5 rings (SSSR count). The molecule has 4 aromatic rings. The molecule has 1 saturated heterocycles. The average molecular weight is 420 g/mol. The highest BCUT2D eigenvalue weighted by molar-refractivity contribution is 7.98. The van der Waals surface area contributed by atoms with Gasteiger partial charge in [-0.05, 0) is 61.8 Å². The molecule has 2 aromatic heterocycles. The molecule has 0 unspecified atom stereocenters. The summed E-state index contributed by atoms with van der Waals surface area (Å²) in [5, 5.41) is 10.6. The van der Waals surface area contributed by atoms with E-state index in [1.807, 2.05) is 30.3 Å². The number of aromatic nitrogens is 4. The second-order valence-electron chi connectivity index (χ2n) is 7.48. The summed E-state index contributed by atoms with van der Waals surface area (Å²) in [7, 11) is 0. The van der Waals surface area contributed by atoms with Crippen LogP contribution in [0.1, 0.15) is 24.2 Å². The van der Waals surface area contributed by atoms with E-state index >= 15 is 0 Å². The van der Waals surface area contributed by atoms with Crippen molar-refractivity contribution in [2.75, 3.05) is 13.1 Å². The first-order chi connectivity index (χ1) is 14.8. The number of hydrogen-bond donors (Lipinski definition) is 0. The largest absolute Gasteiger partial charge is 0.296 e. The van der Waals surface area contributed by atoms with E-state index in [9.17, 15) is 4.39 Å². The third-order valence-corrected chi connectivity index (χ3v) is 6.36. The molecule has 7 heteroatoms. The maximum Gasteiger partial charge on any atom is 0.196 e. The second-order valence-corrected chi connectivity index (χ2v) is 8.42. The Balaban J connectivity index is 1.47. The van der Waals surface area contributed by atoms with Crippen molar-refractivity contribution in [1.29, 1.82) is 0 Å². The van der Waals surface area contributed by atoms with Crippen LogP contribution in [0.4, 0.5) is 4.39 Å². The number of fused-ring (bicyclic) bond motifs is 1. The van der Waals surface area contributed by atoms with Gasteiger partial charge in [0.1, 0.15) is 5.82 Å². The normalized spacial score (nSPS) is 14.6. The topological polar surface area (TPSA) is 46.8 Å². The summed E-state index contributed by atoms with van der Waals surface area (Å²) >= 11 is 1.56. The average Bonchev–Trinajstić information content (AvgIpc) is 3.43. The maximum absolute atomic E-state index is 14.1. The van der Waals surface area contributed by atoms with Crippen LogP contribution >= 0.6 is 11.8 Å². The molecule has 1 aliphatic rings. The monoisotopic (exact) mass is 419 g/mol. The lowest BCUT2D eigenvalue weighted by Gasteiger charge is -2.16. The summed E-state index contributed by atoms with van der Waals surface area (Å²) in [6.45, 7) is 2.99. The predicted molar refractivity (Wildman–Crippen MR) is 117 cm³/mol. The van der Waals surface area contributed by atoms with Crippen LogP contribution in [0.5, 0.6) is 0 Å². The van der Waals surface area contributed by atoms with E-state index in [1.165, 1.54) is 18.9 Å². The SMILES string of the molecule is Fc1cc(CSc2nnc(CN3CCCC3)n2-c2ccccc2)c2ncccc2c1. The Morgan fingerprint density at radius 3 is 2.63 bits per heavy atom. The standard InChI is InChI=1S/C23H22FN5S/c24-19-13-17-7-6-10-25-22(17)18(14-19)16-30-23-27-26-21(15-28-11-4-5-12-28)29(23)20-8-2-1-3-9-20/h1-3,6-10,13-14H,4-5,11-12,15-16H2. The number of likely N-dealkylation sites (tertiary alicyclic amines) is 1. The highest BCUT2D eigenvalue weighted by Crippen LogP contribution is 2.29. The molecule has 2 aromatic carbocycles. The molecule has 0 bridgehead atoms. The number of thioether (sulfide) groups is 1. The first-order valence-electron chi connectivity index (χ1n) is 10.2. The molecule has 3 heterocycles. The number of benzene rings is 2. The Morgan fingerprint density at radius 2 is 1.80 bits per heavy atom. The molecule has 5 nitrogen and oxygen atoms in total. The quantitative estimate of drug-likeness (QED) is 0.419. The van der Waals surface area contributed by atoms with Gasteiger partial charge in [0, 0.05) is 23.0 Å². The van der Waals surface area contributed by atoms with E-state index in [1.54, 1.807) is 24.0 Å². The number of halogens is 1. The molecule has 1 aliphatic heterocycles. The van der Waals surface area contributed by atoms with Crippen molar-refractivity contribution < 1.29 is 4.39 Å². The smallest absolute Gasteiger partial charge is 0.196 e. The van der Waals surface area contributed by atoms with Crippen LogP contribution < -0.4 is 0 Å². The zero-order chi connectivity index (χ0) is 20.3. The molecule has 0 spiro atoms. The molecule has 0 atom stereocenters. The number of pyridine rings is 1. The molecule has 0 aliphatic carbocycles. The zero-order valence-corrected chi connectivity index (χ0v) is 17.4. The van der Waals surface area contributed by atoms with Crippen LogP contribution in [-0.4, -0.2) is 37.7 Å². The maximum atomic E-state index is 14.1. The number of nitrogens with zero attached hydrogens (tertiary/aromatic N) is 5. The molecule has 0 N–H and O–H groups in total. The Hall–Kier alpha value is -2.77. The van der Waals surface area contributed by atoms with Gasteiger partial charge >= 0.3 is 0 Å². The van der Waals surface area contributed by atoms with Crippen LogP contribution in [0, 0.1) is 5.82 Å².